The summed E-state index contributed by atoms with van der Waals surface area (Å²) < 4.78 is 20.5. The van der Waals surface area contributed by atoms with Gasteiger partial charge in [-0.1, -0.05) is 23.9 Å². The summed E-state index contributed by atoms with van der Waals surface area (Å²) in [5.74, 6) is 0.753. The Balaban J connectivity index is 1.43. The van der Waals surface area contributed by atoms with Crippen LogP contribution in [0.5, 0.6) is 5.75 Å². The highest BCUT2D eigenvalue weighted by Crippen LogP contribution is 2.30. The Labute approximate surface area is 172 Å². The van der Waals surface area contributed by atoms with Crippen molar-refractivity contribution in [1.82, 2.24) is 19.7 Å². The SMILES string of the molecule is COc1ccc(-n2cnnc2SCC(=O)N(Cc2cccc(F)c2)C2CC2)cc1. The number of aromatic nitrogens is 3. The summed E-state index contributed by atoms with van der Waals surface area (Å²) in [7, 11) is 1.62. The van der Waals surface area contributed by atoms with Gasteiger partial charge >= 0.3 is 0 Å². The Morgan fingerprint density at radius 2 is 2.07 bits per heavy atom. The van der Waals surface area contributed by atoms with Crippen molar-refractivity contribution in [1.29, 1.82) is 0 Å². The van der Waals surface area contributed by atoms with E-state index in [4.69, 9.17) is 4.74 Å². The molecule has 2 aromatic carbocycles. The number of halogens is 1. The second-order valence-corrected chi connectivity index (χ2v) is 7.80. The Morgan fingerprint density at radius 3 is 2.76 bits per heavy atom. The van der Waals surface area contributed by atoms with Crippen LogP contribution < -0.4 is 4.74 Å². The molecule has 4 rings (SSSR count). The molecule has 1 fully saturated rings. The van der Waals surface area contributed by atoms with Crippen LogP contribution in [0.4, 0.5) is 4.39 Å². The number of hydrogen-bond acceptors (Lipinski definition) is 5. The van der Waals surface area contributed by atoms with Gasteiger partial charge in [-0.15, -0.1) is 10.2 Å². The standard InChI is InChI=1S/C21H21FN4O2S/c1-28-19-9-7-18(8-10-19)26-14-23-24-21(26)29-13-20(27)25(17-5-6-17)12-15-3-2-4-16(22)11-15/h2-4,7-11,14,17H,5-6,12-13H2,1H3. The molecule has 29 heavy (non-hydrogen) atoms. The average molecular weight is 412 g/mol. The van der Waals surface area contributed by atoms with Crippen LogP contribution in [0.3, 0.4) is 0 Å². The van der Waals surface area contributed by atoms with Gasteiger partial charge < -0.3 is 9.64 Å². The summed E-state index contributed by atoms with van der Waals surface area (Å²) in [4.78, 5) is 14.7. The molecule has 8 heteroatoms. The third-order valence-corrected chi connectivity index (χ3v) is 5.67. The van der Waals surface area contributed by atoms with Crippen LogP contribution >= 0.6 is 11.8 Å². The van der Waals surface area contributed by atoms with Crippen molar-refractivity contribution >= 4 is 17.7 Å². The third-order valence-electron chi connectivity index (χ3n) is 4.74. The molecule has 0 radical (unpaired) electrons. The first kappa shape index (κ1) is 19.4. The summed E-state index contributed by atoms with van der Waals surface area (Å²) in [6.07, 6.45) is 3.61. The van der Waals surface area contributed by atoms with Crippen molar-refractivity contribution in [3.8, 4) is 11.4 Å². The molecule has 0 saturated heterocycles. The first-order valence-electron chi connectivity index (χ1n) is 9.35. The number of methoxy groups -OCH3 is 1. The Kier molecular flexibility index (Phi) is 5.80. The van der Waals surface area contributed by atoms with E-state index in [1.54, 1.807) is 19.5 Å². The van der Waals surface area contributed by atoms with Crippen LogP contribution in [0, 0.1) is 5.82 Å². The van der Waals surface area contributed by atoms with Crippen molar-refractivity contribution in [2.24, 2.45) is 0 Å². The predicted octanol–water partition coefficient (Wildman–Crippen LogP) is 3.70. The maximum Gasteiger partial charge on any atom is 0.233 e. The number of hydrogen-bond donors (Lipinski definition) is 0. The number of amides is 1. The average Bonchev–Trinajstić information content (AvgIpc) is 3.47. The minimum absolute atomic E-state index is 0.0195. The number of carbonyl (C=O) groups excluding carboxylic acids is 1. The fourth-order valence-corrected chi connectivity index (χ4v) is 3.91. The van der Waals surface area contributed by atoms with Crippen molar-refractivity contribution < 1.29 is 13.9 Å². The third kappa shape index (κ3) is 4.76. The minimum atomic E-state index is -0.285. The van der Waals surface area contributed by atoms with E-state index in [2.05, 4.69) is 10.2 Å². The second kappa shape index (κ2) is 8.65. The molecule has 1 aliphatic carbocycles. The van der Waals surface area contributed by atoms with E-state index in [0.717, 1.165) is 29.8 Å². The maximum atomic E-state index is 13.5. The minimum Gasteiger partial charge on any atom is -0.497 e. The molecular weight excluding hydrogens is 391 g/mol. The number of rotatable bonds is 8. The number of nitrogens with zero attached hydrogens (tertiary/aromatic N) is 4. The molecule has 0 spiro atoms. The molecule has 150 valence electrons. The lowest BCUT2D eigenvalue weighted by atomic mass is 10.2. The molecule has 0 aliphatic heterocycles. The number of ether oxygens (including phenoxy) is 1. The van der Waals surface area contributed by atoms with E-state index in [1.807, 2.05) is 39.8 Å². The van der Waals surface area contributed by atoms with Gasteiger partial charge in [0.25, 0.3) is 0 Å². The van der Waals surface area contributed by atoms with Gasteiger partial charge in [0.05, 0.1) is 12.9 Å². The lowest BCUT2D eigenvalue weighted by Gasteiger charge is -2.22. The summed E-state index contributed by atoms with van der Waals surface area (Å²) >= 11 is 1.35. The molecule has 1 aromatic heterocycles. The monoisotopic (exact) mass is 412 g/mol. The molecule has 1 aliphatic rings. The molecular formula is C21H21FN4O2S. The Hall–Kier alpha value is -2.87. The van der Waals surface area contributed by atoms with E-state index in [0.29, 0.717) is 11.7 Å². The summed E-state index contributed by atoms with van der Waals surface area (Å²) in [6, 6.07) is 14.2. The molecule has 6 nitrogen and oxygen atoms in total. The van der Waals surface area contributed by atoms with Gasteiger partial charge in [-0.25, -0.2) is 4.39 Å². The van der Waals surface area contributed by atoms with Gasteiger partial charge in [0.1, 0.15) is 17.9 Å². The van der Waals surface area contributed by atoms with Gasteiger partial charge in [0, 0.05) is 18.3 Å². The normalized spacial score (nSPS) is 13.3. The highest BCUT2D eigenvalue weighted by molar-refractivity contribution is 7.99. The molecule has 3 aromatic rings. The van der Waals surface area contributed by atoms with Crippen LogP contribution in [0.25, 0.3) is 5.69 Å². The molecule has 0 bridgehead atoms. The van der Waals surface area contributed by atoms with Crippen LogP contribution in [0.1, 0.15) is 18.4 Å². The zero-order chi connectivity index (χ0) is 20.2. The lowest BCUT2D eigenvalue weighted by molar-refractivity contribution is -0.129. The number of thioether (sulfide) groups is 1. The number of carbonyl (C=O) groups is 1. The van der Waals surface area contributed by atoms with Gasteiger partial charge in [-0.05, 0) is 54.8 Å². The molecule has 1 saturated carbocycles. The Bertz CT molecular complexity index is 988. The van der Waals surface area contributed by atoms with Crippen LogP contribution in [-0.2, 0) is 11.3 Å². The van der Waals surface area contributed by atoms with Crippen LogP contribution in [0.2, 0.25) is 0 Å². The van der Waals surface area contributed by atoms with Gasteiger partial charge in [-0.2, -0.15) is 0 Å². The first-order chi connectivity index (χ1) is 14.1. The summed E-state index contributed by atoms with van der Waals surface area (Å²) in [6.45, 7) is 0.424. The van der Waals surface area contributed by atoms with Gasteiger partial charge in [-0.3, -0.25) is 9.36 Å². The van der Waals surface area contributed by atoms with E-state index in [1.165, 1.54) is 23.9 Å². The maximum absolute atomic E-state index is 13.5. The summed E-state index contributed by atoms with van der Waals surface area (Å²) in [5, 5.41) is 8.77. The van der Waals surface area contributed by atoms with Crippen LogP contribution in [0.15, 0.2) is 60.0 Å². The molecule has 1 heterocycles. The molecule has 0 atom stereocenters. The van der Waals surface area contributed by atoms with Crippen molar-refractivity contribution in [3.05, 3.63) is 66.2 Å². The van der Waals surface area contributed by atoms with Gasteiger partial charge in [0.15, 0.2) is 5.16 Å². The zero-order valence-electron chi connectivity index (χ0n) is 16.0. The lowest BCUT2D eigenvalue weighted by Crippen LogP contribution is -2.34. The fraction of sp³-hybridized carbons (Fsp3) is 0.286. The molecule has 0 N–H and O–H groups in total. The second-order valence-electron chi connectivity index (χ2n) is 6.85. The van der Waals surface area contributed by atoms with E-state index in [9.17, 15) is 9.18 Å². The highest BCUT2D eigenvalue weighted by Gasteiger charge is 2.32. The van der Waals surface area contributed by atoms with E-state index < -0.39 is 0 Å². The van der Waals surface area contributed by atoms with Crippen LogP contribution in [-0.4, -0.2) is 44.5 Å². The largest absolute Gasteiger partial charge is 0.497 e. The van der Waals surface area contributed by atoms with Crippen molar-refractivity contribution in [3.63, 3.8) is 0 Å². The van der Waals surface area contributed by atoms with E-state index >= 15 is 0 Å². The zero-order valence-corrected chi connectivity index (χ0v) is 16.8. The topological polar surface area (TPSA) is 60.2 Å². The van der Waals surface area contributed by atoms with Crippen molar-refractivity contribution in [2.75, 3.05) is 12.9 Å². The number of benzene rings is 2. The molecule has 1 amide bonds. The van der Waals surface area contributed by atoms with E-state index in [-0.39, 0.29) is 23.5 Å². The quantitative estimate of drug-likeness (QED) is 0.528. The summed E-state index contributed by atoms with van der Waals surface area (Å²) in [5.41, 5.74) is 1.70. The smallest absolute Gasteiger partial charge is 0.233 e. The fourth-order valence-electron chi connectivity index (χ4n) is 3.09. The first-order valence-corrected chi connectivity index (χ1v) is 10.3. The van der Waals surface area contributed by atoms with Crippen molar-refractivity contribution in [2.45, 2.75) is 30.6 Å². The van der Waals surface area contributed by atoms with Gasteiger partial charge in [0.2, 0.25) is 5.91 Å². The molecule has 0 unspecified atom stereocenters. The predicted molar refractivity (Wildman–Crippen MR) is 109 cm³/mol. The Morgan fingerprint density at radius 1 is 1.28 bits per heavy atom. The highest BCUT2D eigenvalue weighted by atomic mass is 32.2.